The highest BCUT2D eigenvalue weighted by molar-refractivity contribution is 6.43. The molecule has 0 aliphatic heterocycles. The Morgan fingerprint density at radius 1 is 1.00 bits per heavy atom. The fraction of sp³-hybridized carbons (Fsp3) is 0.0769. The summed E-state index contributed by atoms with van der Waals surface area (Å²) in [7, 11) is 0. The van der Waals surface area contributed by atoms with Gasteiger partial charge in [-0.1, -0.05) is 41.4 Å². The van der Waals surface area contributed by atoms with Gasteiger partial charge in [-0.3, -0.25) is 0 Å². The normalized spacial score (nSPS) is 11.0. The van der Waals surface area contributed by atoms with Crippen LogP contribution in [-0.2, 0) is 0 Å². The van der Waals surface area contributed by atoms with Gasteiger partial charge in [0.1, 0.15) is 5.82 Å². The van der Waals surface area contributed by atoms with Crippen molar-refractivity contribution in [3.05, 3.63) is 57.8 Å². The summed E-state index contributed by atoms with van der Waals surface area (Å²) in [5.74, 6) is -0.960. The maximum atomic E-state index is 13.5. The average Bonchev–Trinajstić information content (AvgIpc) is 2.32. The fourth-order valence-electron chi connectivity index (χ4n) is 1.60. The smallest absolute Gasteiger partial charge is 0.206 e. The van der Waals surface area contributed by atoms with E-state index in [1.54, 1.807) is 18.2 Å². The molecule has 0 unspecified atom stereocenters. The van der Waals surface area contributed by atoms with E-state index >= 15 is 0 Å². The molecule has 0 amide bonds. The van der Waals surface area contributed by atoms with Crippen molar-refractivity contribution in [2.75, 3.05) is 0 Å². The molecule has 0 saturated heterocycles. The molecule has 0 fully saturated rings. The summed E-state index contributed by atoms with van der Waals surface area (Å²) in [6, 6.07) is 8.36. The first-order valence-corrected chi connectivity index (χ1v) is 5.78. The minimum Gasteiger partial charge on any atom is -0.206 e. The number of benzene rings is 2. The van der Waals surface area contributed by atoms with E-state index in [9.17, 15) is 13.2 Å². The molecule has 0 aromatic heterocycles. The average molecular weight is 291 g/mol. The van der Waals surface area contributed by atoms with Gasteiger partial charge in [0.15, 0.2) is 0 Å². The Bertz CT molecular complexity index is 582. The first kappa shape index (κ1) is 13.2. The largest absolute Gasteiger partial charge is 0.266 e. The van der Waals surface area contributed by atoms with E-state index in [1.165, 1.54) is 6.07 Å². The first-order chi connectivity index (χ1) is 8.50. The molecule has 2 rings (SSSR count). The SMILES string of the molecule is Fc1cc(-c2cccc(Cl)c2Cl)ccc1C(F)F. The van der Waals surface area contributed by atoms with Gasteiger partial charge in [0.2, 0.25) is 0 Å². The van der Waals surface area contributed by atoms with Gasteiger partial charge in [-0.15, -0.1) is 0 Å². The maximum Gasteiger partial charge on any atom is 0.266 e. The lowest BCUT2D eigenvalue weighted by molar-refractivity contribution is 0.146. The molecule has 0 bridgehead atoms. The van der Waals surface area contributed by atoms with Crippen molar-refractivity contribution < 1.29 is 13.2 Å². The van der Waals surface area contributed by atoms with E-state index in [1.807, 2.05) is 0 Å². The first-order valence-electron chi connectivity index (χ1n) is 5.02. The third kappa shape index (κ3) is 2.47. The number of hydrogen-bond acceptors (Lipinski definition) is 0. The third-order valence-corrected chi connectivity index (χ3v) is 3.32. The Hall–Kier alpha value is -1.19. The number of rotatable bonds is 2. The maximum absolute atomic E-state index is 13.5. The van der Waals surface area contributed by atoms with E-state index in [0.29, 0.717) is 16.1 Å². The topological polar surface area (TPSA) is 0 Å². The summed E-state index contributed by atoms with van der Waals surface area (Å²) in [5, 5.41) is 0.593. The van der Waals surface area contributed by atoms with Gasteiger partial charge in [-0.2, -0.15) is 0 Å². The van der Waals surface area contributed by atoms with E-state index in [4.69, 9.17) is 23.2 Å². The highest BCUT2D eigenvalue weighted by atomic mass is 35.5. The van der Waals surface area contributed by atoms with Crippen LogP contribution >= 0.6 is 23.2 Å². The second-order valence-corrected chi connectivity index (χ2v) is 4.42. The van der Waals surface area contributed by atoms with Gasteiger partial charge in [0.05, 0.1) is 15.6 Å². The zero-order valence-corrected chi connectivity index (χ0v) is 10.4. The van der Waals surface area contributed by atoms with Gasteiger partial charge < -0.3 is 0 Å². The van der Waals surface area contributed by atoms with Crippen LogP contribution < -0.4 is 0 Å². The highest BCUT2D eigenvalue weighted by Crippen LogP contribution is 2.35. The van der Waals surface area contributed by atoms with E-state index in [-0.39, 0.29) is 5.02 Å². The van der Waals surface area contributed by atoms with Crippen molar-refractivity contribution in [1.82, 2.24) is 0 Å². The molecule has 0 aliphatic carbocycles. The van der Waals surface area contributed by atoms with Crippen LogP contribution in [0.5, 0.6) is 0 Å². The molecule has 0 radical (unpaired) electrons. The summed E-state index contributed by atoms with van der Waals surface area (Å²) in [6.45, 7) is 0. The Balaban J connectivity index is 2.52. The second kappa shape index (κ2) is 5.21. The summed E-state index contributed by atoms with van der Waals surface area (Å²) >= 11 is 11.8. The lowest BCUT2D eigenvalue weighted by Gasteiger charge is -2.08. The quantitative estimate of drug-likeness (QED) is 0.662. The van der Waals surface area contributed by atoms with Gasteiger partial charge in [-0.25, -0.2) is 13.2 Å². The van der Waals surface area contributed by atoms with Crippen molar-refractivity contribution in [3.8, 4) is 11.1 Å². The minimum absolute atomic E-state index is 0.267. The Labute approximate surface area is 112 Å². The van der Waals surface area contributed by atoms with Crippen LogP contribution in [0.2, 0.25) is 10.0 Å². The molecular formula is C13H7Cl2F3. The van der Waals surface area contributed by atoms with Crippen LogP contribution in [0.25, 0.3) is 11.1 Å². The van der Waals surface area contributed by atoms with Crippen LogP contribution in [0.15, 0.2) is 36.4 Å². The second-order valence-electron chi connectivity index (χ2n) is 3.64. The zero-order valence-electron chi connectivity index (χ0n) is 8.93. The van der Waals surface area contributed by atoms with Crippen LogP contribution in [0.4, 0.5) is 13.2 Å². The standard InChI is InChI=1S/C13H7Cl2F3/c14-10-3-1-2-8(12(10)15)7-4-5-9(13(17)18)11(16)6-7/h1-6,13H. The predicted octanol–water partition coefficient (Wildman–Crippen LogP) is 5.74. The van der Waals surface area contributed by atoms with E-state index < -0.39 is 17.8 Å². The van der Waals surface area contributed by atoms with Crippen LogP contribution in [-0.4, -0.2) is 0 Å². The summed E-state index contributed by atoms with van der Waals surface area (Å²) in [6.07, 6.45) is -2.84. The molecule has 0 atom stereocenters. The third-order valence-electron chi connectivity index (χ3n) is 2.50. The van der Waals surface area contributed by atoms with Gasteiger partial charge >= 0.3 is 0 Å². The van der Waals surface area contributed by atoms with E-state index in [0.717, 1.165) is 12.1 Å². The molecule has 94 valence electrons. The Morgan fingerprint density at radius 3 is 2.33 bits per heavy atom. The van der Waals surface area contributed by atoms with E-state index in [2.05, 4.69) is 0 Å². The van der Waals surface area contributed by atoms with Crippen molar-refractivity contribution in [2.24, 2.45) is 0 Å². The molecule has 0 spiro atoms. The number of alkyl halides is 2. The molecule has 0 aliphatic rings. The lowest BCUT2D eigenvalue weighted by Crippen LogP contribution is -1.91. The summed E-state index contributed by atoms with van der Waals surface area (Å²) in [5.41, 5.74) is 0.283. The predicted molar refractivity (Wildman–Crippen MR) is 66.8 cm³/mol. The number of halogens is 5. The monoisotopic (exact) mass is 290 g/mol. The van der Waals surface area contributed by atoms with Gasteiger partial charge in [0.25, 0.3) is 6.43 Å². The van der Waals surface area contributed by atoms with Crippen LogP contribution in [0.1, 0.15) is 12.0 Å². The summed E-state index contributed by atoms with van der Waals surface area (Å²) < 4.78 is 38.3. The van der Waals surface area contributed by atoms with Crippen LogP contribution in [0.3, 0.4) is 0 Å². The zero-order chi connectivity index (χ0) is 13.3. The molecule has 0 N–H and O–H groups in total. The molecular weight excluding hydrogens is 284 g/mol. The molecule has 0 nitrogen and oxygen atoms in total. The molecule has 2 aromatic rings. The Kier molecular flexibility index (Phi) is 3.83. The Morgan fingerprint density at radius 2 is 1.72 bits per heavy atom. The minimum atomic E-state index is -2.84. The molecule has 5 heteroatoms. The van der Waals surface area contributed by atoms with Crippen molar-refractivity contribution in [2.45, 2.75) is 6.43 Å². The lowest BCUT2D eigenvalue weighted by atomic mass is 10.0. The van der Waals surface area contributed by atoms with Crippen molar-refractivity contribution in [1.29, 1.82) is 0 Å². The molecule has 18 heavy (non-hydrogen) atoms. The summed E-state index contributed by atoms with van der Waals surface area (Å²) in [4.78, 5) is 0. The van der Waals surface area contributed by atoms with Gasteiger partial charge in [-0.05, 0) is 23.8 Å². The molecule has 0 saturated carbocycles. The fourth-order valence-corrected chi connectivity index (χ4v) is 2.01. The highest BCUT2D eigenvalue weighted by Gasteiger charge is 2.15. The van der Waals surface area contributed by atoms with Crippen LogP contribution in [0, 0.1) is 5.82 Å². The number of hydrogen-bond donors (Lipinski definition) is 0. The molecule has 2 aromatic carbocycles. The van der Waals surface area contributed by atoms with Gasteiger partial charge in [0, 0.05) is 5.56 Å². The van der Waals surface area contributed by atoms with Crippen molar-refractivity contribution in [3.63, 3.8) is 0 Å². The molecule has 0 heterocycles. The van der Waals surface area contributed by atoms with Crippen molar-refractivity contribution >= 4 is 23.2 Å².